The number of amides is 1. The molecular weight excluding hydrogens is 828 g/mol. The van der Waals surface area contributed by atoms with Gasteiger partial charge < -0.3 is 19.8 Å². The summed E-state index contributed by atoms with van der Waals surface area (Å²) >= 11 is 0. The molecule has 65 heavy (non-hydrogen) atoms. The Bertz CT molecular complexity index is 1240. The lowest BCUT2D eigenvalue weighted by atomic mass is 10.0. The number of aliphatic hydroxyl groups excluding tert-OH is 1. The average molecular weight is 934 g/mol. The van der Waals surface area contributed by atoms with Crippen LogP contribution >= 0.6 is 7.82 Å². The molecule has 3 N–H and O–H groups in total. The number of nitrogens with one attached hydrogen (secondary N) is 1. The Morgan fingerprint density at radius 2 is 0.923 bits per heavy atom. The molecule has 1 amide bonds. The van der Waals surface area contributed by atoms with Crippen LogP contribution in [0.3, 0.4) is 0 Å². The summed E-state index contributed by atoms with van der Waals surface area (Å²) in [5.41, 5.74) is 0. The molecule has 0 radical (unpaired) electrons. The van der Waals surface area contributed by atoms with Gasteiger partial charge in [-0.2, -0.15) is 0 Å². The average Bonchev–Trinajstić information content (AvgIpc) is 3.26. The van der Waals surface area contributed by atoms with E-state index < -0.39 is 20.0 Å². The van der Waals surface area contributed by atoms with Gasteiger partial charge in [0.05, 0.1) is 39.9 Å². The van der Waals surface area contributed by atoms with E-state index in [1.54, 1.807) is 6.08 Å². The predicted molar refractivity (Wildman–Crippen MR) is 281 cm³/mol. The fourth-order valence-electron chi connectivity index (χ4n) is 7.74. The molecule has 9 heteroatoms. The maximum absolute atomic E-state index is 12.9. The highest BCUT2D eigenvalue weighted by Gasteiger charge is 2.27. The van der Waals surface area contributed by atoms with Crippen LogP contribution in [0, 0.1) is 0 Å². The van der Waals surface area contributed by atoms with Gasteiger partial charge in [0.25, 0.3) is 0 Å². The third kappa shape index (κ3) is 49.9. The molecule has 0 aliphatic rings. The summed E-state index contributed by atoms with van der Waals surface area (Å²) in [6.45, 7) is 4.70. The van der Waals surface area contributed by atoms with Crippen molar-refractivity contribution in [3.63, 3.8) is 0 Å². The number of nitrogens with zero attached hydrogens (tertiary/aromatic N) is 1. The monoisotopic (exact) mass is 934 g/mol. The second-order valence-corrected chi connectivity index (χ2v) is 21.0. The Morgan fingerprint density at radius 1 is 0.538 bits per heavy atom. The SMILES string of the molecule is CC/C=C\C/C=C\C/C=C\C/C=C\CCCCCCCCCCCCCCCCCCCCC(=O)NC(COP(=O)(O)OCC[N+](C)(C)C)C(O)/C=C/CCCCCCCCCCCC. The van der Waals surface area contributed by atoms with E-state index >= 15 is 0 Å². The molecule has 0 saturated heterocycles. The summed E-state index contributed by atoms with van der Waals surface area (Å²) in [5.74, 6) is -0.177. The summed E-state index contributed by atoms with van der Waals surface area (Å²) < 4.78 is 23.6. The lowest BCUT2D eigenvalue weighted by Crippen LogP contribution is -2.45. The number of carbonyl (C=O) groups excluding carboxylic acids is 1. The molecule has 380 valence electrons. The molecule has 0 aromatic rings. The van der Waals surface area contributed by atoms with Crippen LogP contribution in [0.5, 0.6) is 0 Å². The van der Waals surface area contributed by atoms with E-state index in [-0.39, 0.29) is 19.1 Å². The Morgan fingerprint density at radius 3 is 1.35 bits per heavy atom. The third-order valence-corrected chi connectivity index (χ3v) is 13.0. The van der Waals surface area contributed by atoms with Gasteiger partial charge in [0.1, 0.15) is 13.2 Å². The number of unbranched alkanes of at least 4 members (excludes halogenated alkanes) is 28. The highest BCUT2D eigenvalue weighted by Crippen LogP contribution is 2.43. The van der Waals surface area contributed by atoms with Crippen molar-refractivity contribution in [3.8, 4) is 0 Å². The molecular formula is C56H106N2O6P+. The summed E-state index contributed by atoms with van der Waals surface area (Å²) in [7, 11) is 1.57. The molecule has 0 fully saturated rings. The predicted octanol–water partition coefficient (Wildman–Crippen LogP) is 16.1. The zero-order valence-corrected chi connectivity index (χ0v) is 44.1. The minimum absolute atomic E-state index is 0.0612. The van der Waals surface area contributed by atoms with Crippen molar-refractivity contribution in [2.24, 2.45) is 0 Å². The number of aliphatic hydroxyl groups is 1. The van der Waals surface area contributed by atoms with Gasteiger partial charge in [-0.3, -0.25) is 13.8 Å². The Hall–Kier alpha value is -1.80. The van der Waals surface area contributed by atoms with Gasteiger partial charge in [-0.15, -0.1) is 0 Å². The number of likely N-dealkylation sites (N-methyl/N-ethyl adjacent to an activating group) is 1. The van der Waals surface area contributed by atoms with Gasteiger partial charge in [0, 0.05) is 6.42 Å². The third-order valence-electron chi connectivity index (χ3n) is 12.0. The molecule has 0 saturated carbocycles. The lowest BCUT2D eigenvalue weighted by molar-refractivity contribution is -0.870. The number of carbonyl (C=O) groups is 1. The Kier molecular flexibility index (Phi) is 46.0. The molecule has 0 aliphatic heterocycles. The van der Waals surface area contributed by atoms with Crippen molar-refractivity contribution in [3.05, 3.63) is 60.8 Å². The topological polar surface area (TPSA) is 105 Å². The van der Waals surface area contributed by atoms with Crippen LogP contribution in [0.15, 0.2) is 60.8 Å². The highest BCUT2D eigenvalue weighted by atomic mass is 31.2. The second-order valence-electron chi connectivity index (χ2n) is 19.6. The van der Waals surface area contributed by atoms with Gasteiger partial charge in [0.15, 0.2) is 0 Å². The fourth-order valence-corrected chi connectivity index (χ4v) is 8.48. The van der Waals surface area contributed by atoms with Gasteiger partial charge in [-0.25, -0.2) is 4.57 Å². The largest absolute Gasteiger partial charge is 0.472 e. The van der Waals surface area contributed by atoms with Crippen LogP contribution in [0.1, 0.15) is 239 Å². The van der Waals surface area contributed by atoms with Crippen molar-refractivity contribution in [1.82, 2.24) is 5.32 Å². The van der Waals surface area contributed by atoms with Crippen molar-refractivity contribution in [2.75, 3.05) is 40.9 Å². The molecule has 0 aromatic heterocycles. The van der Waals surface area contributed by atoms with E-state index in [2.05, 4.69) is 67.8 Å². The second kappa shape index (κ2) is 47.3. The van der Waals surface area contributed by atoms with E-state index in [1.807, 2.05) is 27.2 Å². The minimum Gasteiger partial charge on any atom is -0.387 e. The van der Waals surface area contributed by atoms with Crippen molar-refractivity contribution in [2.45, 2.75) is 251 Å². The molecule has 0 bridgehead atoms. The highest BCUT2D eigenvalue weighted by molar-refractivity contribution is 7.47. The fraction of sp³-hybridized carbons (Fsp3) is 0.804. The number of hydrogen-bond acceptors (Lipinski definition) is 5. The first-order chi connectivity index (χ1) is 31.5. The maximum atomic E-state index is 12.9. The van der Waals surface area contributed by atoms with Crippen LogP contribution in [0.4, 0.5) is 0 Å². The maximum Gasteiger partial charge on any atom is 0.472 e. The Labute approximate surface area is 402 Å². The normalized spacial score (nSPS) is 14.5. The van der Waals surface area contributed by atoms with E-state index in [0.717, 1.165) is 64.2 Å². The number of phosphoric acid groups is 1. The number of rotatable bonds is 49. The molecule has 0 rings (SSSR count). The van der Waals surface area contributed by atoms with Crippen molar-refractivity contribution < 1.29 is 32.9 Å². The number of quaternary nitrogens is 1. The molecule has 0 spiro atoms. The summed E-state index contributed by atoms with van der Waals surface area (Å²) in [5, 5.41) is 13.9. The van der Waals surface area contributed by atoms with E-state index in [9.17, 15) is 19.4 Å². The molecule has 3 atom stereocenters. The number of hydrogen-bond donors (Lipinski definition) is 3. The summed E-state index contributed by atoms with van der Waals surface area (Å²) in [4.78, 5) is 23.2. The molecule has 8 nitrogen and oxygen atoms in total. The summed E-state index contributed by atoms with van der Waals surface area (Å²) in [6, 6.07) is -0.845. The van der Waals surface area contributed by atoms with Gasteiger partial charge >= 0.3 is 7.82 Å². The standard InChI is InChI=1S/C56H105N2O6P/c1-6-8-10-12-14-16-18-20-21-22-23-24-25-26-27-28-29-30-31-32-33-34-35-36-37-38-40-42-44-46-48-50-56(60)57-54(53-64-65(61,62)63-52-51-58(3,4)5)55(59)49-47-45-43-41-39-19-17-15-13-11-9-7-2/h8,10,14,16,20-21,23-24,47,49,54-55,59H,6-7,9,11-13,15,17-19,22,25-46,48,50-53H2,1-5H3,(H-,57,60,61,62)/p+1/b10-8-,16-14-,21-20-,24-23-,49-47+. The number of phosphoric ester groups is 1. The lowest BCUT2D eigenvalue weighted by Gasteiger charge is -2.25. The molecule has 0 aliphatic carbocycles. The molecule has 0 heterocycles. The van der Waals surface area contributed by atoms with E-state index in [4.69, 9.17) is 9.05 Å². The quantitative estimate of drug-likeness (QED) is 0.0243. The van der Waals surface area contributed by atoms with E-state index in [0.29, 0.717) is 17.4 Å². The molecule has 0 aromatic carbocycles. The van der Waals surface area contributed by atoms with Gasteiger partial charge in [-0.05, 0) is 57.8 Å². The van der Waals surface area contributed by atoms with Crippen LogP contribution in [0.2, 0.25) is 0 Å². The zero-order chi connectivity index (χ0) is 47.8. The summed E-state index contributed by atoms with van der Waals surface area (Å²) in [6.07, 6.45) is 63.2. The van der Waals surface area contributed by atoms with Crippen molar-refractivity contribution >= 4 is 13.7 Å². The van der Waals surface area contributed by atoms with Gasteiger partial charge in [0.2, 0.25) is 5.91 Å². The van der Waals surface area contributed by atoms with E-state index in [1.165, 1.54) is 154 Å². The zero-order valence-electron chi connectivity index (χ0n) is 43.2. The van der Waals surface area contributed by atoms with Crippen LogP contribution in [0.25, 0.3) is 0 Å². The first-order valence-electron chi connectivity index (χ1n) is 27.2. The first kappa shape index (κ1) is 63.2. The van der Waals surface area contributed by atoms with Crippen LogP contribution < -0.4 is 5.32 Å². The van der Waals surface area contributed by atoms with Crippen LogP contribution in [-0.4, -0.2) is 73.4 Å². The van der Waals surface area contributed by atoms with Crippen LogP contribution in [-0.2, 0) is 18.4 Å². The minimum atomic E-state index is -4.34. The van der Waals surface area contributed by atoms with Crippen molar-refractivity contribution in [1.29, 1.82) is 0 Å². The molecule has 3 unspecified atom stereocenters. The number of allylic oxidation sites excluding steroid dienone is 9. The smallest absolute Gasteiger partial charge is 0.387 e. The first-order valence-corrected chi connectivity index (χ1v) is 28.7. The Balaban J connectivity index is 4.05. The van der Waals surface area contributed by atoms with Gasteiger partial charge in [-0.1, -0.05) is 235 Å².